The largest absolute Gasteiger partial charge is 0.489 e. The molecule has 0 fully saturated rings. The molecule has 3 aromatic rings. The van der Waals surface area contributed by atoms with Crippen LogP contribution in [0.1, 0.15) is 16.8 Å². The van der Waals surface area contributed by atoms with Crippen molar-refractivity contribution in [2.75, 3.05) is 29.5 Å². The van der Waals surface area contributed by atoms with Gasteiger partial charge < -0.3 is 19.8 Å². The van der Waals surface area contributed by atoms with E-state index in [0.717, 1.165) is 17.2 Å². The van der Waals surface area contributed by atoms with E-state index in [9.17, 15) is 13.2 Å². The Hall–Kier alpha value is -2.91. The van der Waals surface area contributed by atoms with Gasteiger partial charge in [-0.1, -0.05) is 11.6 Å². The van der Waals surface area contributed by atoms with Crippen LogP contribution in [0.4, 0.5) is 11.5 Å². The Kier molecular flexibility index (Phi) is 5.01. The summed E-state index contributed by atoms with van der Waals surface area (Å²) >= 11 is 6.00. The zero-order chi connectivity index (χ0) is 20.6. The third kappa shape index (κ3) is 4.41. The highest BCUT2D eigenvalue weighted by Crippen LogP contribution is 2.39. The lowest BCUT2D eigenvalue weighted by atomic mass is 10.1. The molecule has 2 aromatic carbocycles. The summed E-state index contributed by atoms with van der Waals surface area (Å²) in [6.07, 6.45) is 1.67. The lowest BCUT2D eigenvalue weighted by Gasteiger charge is -2.15. The lowest BCUT2D eigenvalue weighted by molar-refractivity contribution is 0.102. The first-order valence-corrected chi connectivity index (χ1v) is 11.1. The summed E-state index contributed by atoms with van der Waals surface area (Å²) in [5.41, 5.74) is 1.19. The molecule has 1 amide bonds. The minimum atomic E-state index is -3.58. The Balaban J connectivity index is 1.68. The van der Waals surface area contributed by atoms with E-state index in [-0.39, 0.29) is 17.0 Å². The average Bonchev–Trinajstić information content (AvgIpc) is 2.86. The van der Waals surface area contributed by atoms with Gasteiger partial charge in [0.15, 0.2) is 11.5 Å². The van der Waals surface area contributed by atoms with Crippen molar-refractivity contribution in [3.63, 3.8) is 0 Å². The van der Waals surface area contributed by atoms with E-state index in [4.69, 9.17) is 21.1 Å². The molecular weight excluding hydrogens is 418 g/mol. The molecule has 0 saturated heterocycles. The number of amides is 1. The van der Waals surface area contributed by atoms with Gasteiger partial charge in [0.05, 0.1) is 25.2 Å². The van der Waals surface area contributed by atoms with Crippen molar-refractivity contribution >= 4 is 49.9 Å². The topological polar surface area (TPSA) is 110 Å². The predicted octanol–water partition coefficient (Wildman–Crippen LogP) is 3.61. The SMILES string of the molecule is CS(=O)(=O)Nc1cc(C(=O)Nc2cc3cc(Cl)ccc3[nH]2)cc2c1OCCCO2. The van der Waals surface area contributed by atoms with Gasteiger partial charge in [-0.15, -0.1) is 0 Å². The molecule has 0 spiro atoms. The molecule has 1 aliphatic rings. The molecule has 3 N–H and O–H groups in total. The fourth-order valence-corrected chi connectivity index (χ4v) is 3.78. The molecule has 0 aliphatic carbocycles. The second kappa shape index (κ2) is 7.49. The van der Waals surface area contributed by atoms with Gasteiger partial charge in [0.2, 0.25) is 10.0 Å². The summed E-state index contributed by atoms with van der Waals surface area (Å²) in [5, 5.41) is 4.21. The Bertz CT molecular complexity index is 1210. The molecule has 1 aliphatic heterocycles. The number of sulfonamides is 1. The van der Waals surface area contributed by atoms with Crippen molar-refractivity contribution in [2.24, 2.45) is 0 Å². The van der Waals surface area contributed by atoms with E-state index in [1.165, 1.54) is 12.1 Å². The fraction of sp³-hybridized carbons (Fsp3) is 0.211. The van der Waals surface area contributed by atoms with Crippen LogP contribution in [0, 0.1) is 0 Å². The molecule has 0 radical (unpaired) electrons. The number of rotatable bonds is 4. The van der Waals surface area contributed by atoms with Crippen LogP contribution in [-0.4, -0.2) is 38.8 Å². The van der Waals surface area contributed by atoms with Gasteiger partial charge in [-0.2, -0.15) is 0 Å². The van der Waals surface area contributed by atoms with Crippen LogP contribution in [0.15, 0.2) is 36.4 Å². The first-order valence-electron chi connectivity index (χ1n) is 8.79. The minimum Gasteiger partial charge on any atom is -0.489 e. The lowest BCUT2D eigenvalue weighted by Crippen LogP contribution is -2.15. The van der Waals surface area contributed by atoms with Crippen molar-refractivity contribution in [1.82, 2.24) is 4.98 Å². The van der Waals surface area contributed by atoms with E-state index < -0.39 is 15.9 Å². The fourth-order valence-electron chi connectivity index (χ4n) is 3.05. The third-order valence-electron chi connectivity index (χ3n) is 4.24. The number of ether oxygens (including phenoxy) is 2. The number of hydrogen-bond acceptors (Lipinski definition) is 5. The van der Waals surface area contributed by atoms with Crippen molar-refractivity contribution < 1.29 is 22.7 Å². The molecule has 29 heavy (non-hydrogen) atoms. The smallest absolute Gasteiger partial charge is 0.256 e. The van der Waals surface area contributed by atoms with Crippen molar-refractivity contribution in [1.29, 1.82) is 0 Å². The Morgan fingerprint density at radius 2 is 1.93 bits per heavy atom. The standard InChI is InChI=1S/C19H18ClN3O5S/c1-29(25,26)23-15-8-12(9-16-18(15)28-6-2-5-27-16)19(24)22-17-10-11-7-13(20)3-4-14(11)21-17/h3-4,7-10,21,23H,2,5-6H2,1H3,(H,22,24). The highest BCUT2D eigenvalue weighted by molar-refractivity contribution is 7.92. The molecule has 10 heteroatoms. The number of H-pyrrole nitrogens is 1. The summed E-state index contributed by atoms with van der Waals surface area (Å²) in [5.74, 6) is 0.626. The van der Waals surface area contributed by atoms with Crippen LogP contribution in [0.5, 0.6) is 11.5 Å². The number of benzene rings is 2. The summed E-state index contributed by atoms with van der Waals surface area (Å²) in [6, 6.07) is 10.1. The normalized spacial score (nSPS) is 13.7. The molecular formula is C19H18ClN3O5S. The summed E-state index contributed by atoms with van der Waals surface area (Å²) in [7, 11) is -3.58. The van der Waals surface area contributed by atoms with E-state index in [0.29, 0.717) is 36.2 Å². The monoisotopic (exact) mass is 435 g/mol. The van der Waals surface area contributed by atoms with Gasteiger partial charge in [0.25, 0.3) is 5.91 Å². The molecule has 0 bridgehead atoms. The Morgan fingerprint density at radius 3 is 2.72 bits per heavy atom. The number of anilines is 2. The second-order valence-corrected chi connectivity index (χ2v) is 8.83. The highest BCUT2D eigenvalue weighted by atomic mass is 35.5. The zero-order valence-corrected chi connectivity index (χ0v) is 17.0. The van der Waals surface area contributed by atoms with Crippen LogP contribution < -0.4 is 19.5 Å². The molecule has 8 nitrogen and oxygen atoms in total. The van der Waals surface area contributed by atoms with E-state index in [1.807, 2.05) is 6.07 Å². The molecule has 0 unspecified atom stereocenters. The van der Waals surface area contributed by atoms with Crippen molar-refractivity contribution in [2.45, 2.75) is 6.42 Å². The second-order valence-electron chi connectivity index (χ2n) is 6.64. The number of hydrogen-bond donors (Lipinski definition) is 3. The summed E-state index contributed by atoms with van der Waals surface area (Å²) in [4.78, 5) is 15.9. The number of aromatic amines is 1. The van der Waals surface area contributed by atoms with Crippen LogP contribution in [-0.2, 0) is 10.0 Å². The first-order chi connectivity index (χ1) is 13.8. The molecule has 0 saturated carbocycles. The van der Waals surface area contributed by atoms with Crippen molar-refractivity contribution in [3.05, 3.63) is 47.0 Å². The maximum atomic E-state index is 12.8. The van der Waals surface area contributed by atoms with Gasteiger partial charge >= 0.3 is 0 Å². The Labute approximate surface area is 172 Å². The van der Waals surface area contributed by atoms with E-state index in [2.05, 4.69) is 15.0 Å². The Morgan fingerprint density at radius 1 is 1.14 bits per heavy atom. The molecule has 1 aromatic heterocycles. The van der Waals surface area contributed by atoms with Crippen LogP contribution in [0.3, 0.4) is 0 Å². The minimum absolute atomic E-state index is 0.153. The first kappa shape index (κ1) is 19.4. The summed E-state index contributed by atoms with van der Waals surface area (Å²) in [6.45, 7) is 0.785. The molecule has 0 atom stereocenters. The van der Waals surface area contributed by atoms with Crippen LogP contribution >= 0.6 is 11.6 Å². The molecule has 2 heterocycles. The van der Waals surface area contributed by atoms with Gasteiger partial charge in [0, 0.05) is 27.9 Å². The maximum absolute atomic E-state index is 12.8. The van der Waals surface area contributed by atoms with E-state index in [1.54, 1.807) is 18.2 Å². The average molecular weight is 436 g/mol. The van der Waals surface area contributed by atoms with Gasteiger partial charge in [-0.3, -0.25) is 9.52 Å². The number of carbonyl (C=O) groups excluding carboxylic acids is 1. The number of carbonyl (C=O) groups is 1. The predicted molar refractivity (Wildman–Crippen MR) is 112 cm³/mol. The number of nitrogens with one attached hydrogen (secondary N) is 3. The zero-order valence-electron chi connectivity index (χ0n) is 15.4. The number of halogens is 1. The quantitative estimate of drug-likeness (QED) is 0.580. The van der Waals surface area contributed by atoms with E-state index >= 15 is 0 Å². The van der Waals surface area contributed by atoms with Crippen LogP contribution in [0.25, 0.3) is 10.9 Å². The van der Waals surface area contributed by atoms with Crippen LogP contribution in [0.2, 0.25) is 5.02 Å². The van der Waals surface area contributed by atoms with Gasteiger partial charge in [-0.05, 0) is 36.4 Å². The molecule has 4 rings (SSSR count). The number of aromatic nitrogens is 1. The van der Waals surface area contributed by atoms with Gasteiger partial charge in [-0.25, -0.2) is 8.42 Å². The highest BCUT2D eigenvalue weighted by Gasteiger charge is 2.21. The third-order valence-corrected chi connectivity index (χ3v) is 5.06. The summed E-state index contributed by atoms with van der Waals surface area (Å²) < 4.78 is 37.2. The molecule has 152 valence electrons. The van der Waals surface area contributed by atoms with Crippen molar-refractivity contribution in [3.8, 4) is 11.5 Å². The number of fused-ring (bicyclic) bond motifs is 2. The maximum Gasteiger partial charge on any atom is 0.256 e. The van der Waals surface area contributed by atoms with Gasteiger partial charge in [0.1, 0.15) is 5.82 Å².